The molecule has 18 heavy (non-hydrogen) atoms. The average molecular weight is 256 g/mol. The highest BCUT2D eigenvalue weighted by Gasteiger charge is 2.15. The van der Waals surface area contributed by atoms with Gasteiger partial charge in [0.2, 0.25) is 0 Å². The lowest BCUT2D eigenvalue weighted by Crippen LogP contribution is -2.32. The molecule has 2 N–H and O–H groups in total. The van der Waals surface area contributed by atoms with Crippen LogP contribution in [0.1, 0.15) is 31.9 Å². The number of rotatable bonds is 6. The molecule has 4 heteroatoms. The summed E-state index contributed by atoms with van der Waals surface area (Å²) in [5.41, 5.74) is 6.18. The van der Waals surface area contributed by atoms with E-state index in [-0.39, 0.29) is 5.56 Å². The van der Waals surface area contributed by atoms with Gasteiger partial charge in [-0.3, -0.25) is 0 Å². The molecule has 2 unspecified atom stereocenters. The van der Waals surface area contributed by atoms with Gasteiger partial charge in [-0.25, -0.2) is 8.78 Å². The van der Waals surface area contributed by atoms with E-state index in [1.54, 1.807) is 0 Å². The van der Waals surface area contributed by atoms with E-state index in [1.807, 2.05) is 7.05 Å². The van der Waals surface area contributed by atoms with Crippen LogP contribution in [0.5, 0.6) is 0 Å². The summed E-state index contributed by atoms with van der Waals surface area (Å²) in [4.78, 5) is 2.06. The Morgan fingerprint density at radius 1 is 1.28 bits per heavy atom. The van der Waals surface area contributed by atoms with Crippen LogP contribution in [0.15, 0.2) is 18.2 Å². The minimum Gasteiger partial charge on any atom is -0.323 e. The highest BCUT2D eigenvalue weighted by molar-refractivity contribution is 5.22. The van der Waals surface area contributed by atoms with E-state index in [9.17, 15) is 8.78 Å². The molecule has 0 bridgehead atoms. The van der Waals surface area contributed by atoms with Crippen molar-refractivity contribution >= 4 is 0 Å². The average Bonchev–Trinajstić information content (AvgIpc) is 2.31. The summed E-state index contributed by atoms with van der Waals surface area (Å²) in [7, 11) is 1.95. The molecule has 0 aromatic heterocycles. The van der Waals surface area contributed by atoms with E-state index in [2.05, 4.69) is 18.7 Å². The molecule has 0 aliphatic rings. The van der Waals surface area contributed by atoms with Gasteiger partial charge in [0.05, 0.1) is 0 Å². The Morgan fingerprint density at radius 2 is 1.94 bits per heavy atom. The Balaban J connectivity index is 2.64. The summed E-state index contributed by atoms with van der Waals surface area (Å²) in [6.45, 7) is 5.71. The van der Waals surface area contributed by atoms with Crippen molar-refractivity contribution in [3.63, 3.8) is 0 Å². The monoisotopic (exact) mass is 256 g/mol. The fourth-order valence-electron chi connectivity index (χ4n) is 1.97. The predicted octanol–water partition coefficient (Wildman–Crippen LogP) is 2.94. The number of benzene rings is 1. The van der Waals surface area contributed by atoms with Crippen LogP contribution in [-0.4, -0.2) is 25.0 Å². The van der Waals surface area contributed by atoms with Crippen molar-refractivity contribution in [2.75, 3.05) is 20.1 Å². The van der Waals surface area contributed by atoms with E-state index in [1.165, 1.54) is 6.07 Å². The number of hydrogen-bond donors (Lipinski definition) is 1. The number of nitrogens with two attached hydrogens (primary N) is 1. The van der Waals surface area contributed by atoms with Gasteiger partial charge < -0.3 is 10.6 Å². The van der Waals surface area contributed by atoms with Crippen LogP contribution in [-0.2, 0) is 0 Å². The van der Waals surface area contributed by atoms with Gasteiger partial charge in [0.15, 0.2) is 0 Å². The summed E-state index contributed by atoms with van der Waals surface area (Å²) in [6.07, 6.45) is 1.09. The SMILES string of the molecule is CCC(C)CN(C)CC(N)c1cc(F)ccc1F. The first-order valence-corrected chi connectivity index (χ1v) is 6.33. The minimum atomic E-state index is -0.505. The smallest absolute Gasteiger partial charge is 0.128 e. The molecule has 0 heterocycles. The molecule has 0 saturated carbocycles. The zero-order valence-electron chi connectivity index (χ0n) is 11.3. The third-order valence-electron chi connectivity index (χ3n) is 3.19. The topological polar surface area (TPSA) is 29.3 Å². The largest absolute Gasteiger partial charge is 0.323 e. The number of nitrogens with zero attached hydrogens (tertiary/aromatic N) is 1. The Kier molecular flexibility index (Phi) is 5.69. The lowest BCUT2D eigenvalue weighted by Gasteiger charge is -2.24. The molecule has 1 aromatic rings. The summed E-state index contributed by atoms with van der Waals surface area (Å²) >= 11 is 0. The first-order chi connectivity index (χ1) is 8.43. The third kappa shape index (κ3) is 4.35. The molecule has 102 valence electrons. The molecule has 0 aliphatic carbocycles. The third-order valence-corrected chi connectivity index (χ3v) is 3.19. The Hall–Kier alpha value is -1.00. The van der Waals surface area contributed by atoms with E-state index >= 15 is 0 Å². The molecule has 1 rings (SSSR count). The molecule has 1 aromatic carbocycles. The van der Waals surface area contributed by atoms with E-state index in [0.29, 0.717) is 12.5 Å². The summed E-state index contributed by atoms with van der Waals surface area (Å²) in [5.74, 6) is -0.327. The Morgan fingerprint density at radius 3 is 2.56 bits per heavy atom. The van der Waals surface area contributed by atoms with Gasteiger partial charge in [-0.2, -0.15) is 0 Å². The fourth-order valence-corrected chi connectivity index (χ4v) is 1.97. The van der Waals surface area contributed by atoms with Crippen LogP contribution in [0, 0.1) is 17.6 Å². The lowest BCUT2D eigenvalue weighted by molar-refractivity contribution is 0.265. The normalized spacial score (nSPS) is 14.8. The van der Waals surface area contributed by atoms with Crippen molar-refractivity contribution in [1.29, 1.82) is 0 Å². The van der Waals surface area contributed by atoms with Crippen molar-refractivity contribution < 1.29 is 8.78 Å². The second kappa shape index (κ2) is 6.81. The zero-order chi connectivity index (χ0) is 13.7. The summed E-state index contributed by atoms with van der Waals surface area (Å²) < 4.78 is 26.6. The quantitative estimate of drug-likeness (QED) is 0.848. The molecular formula is C14H22F2N2. The molecule has 0 amide bonds. The number of likely N-dealkylation sites (N-methyl/N-ethyl adjacent to an activating group) is 1. The highest BCUT2D eigenvalue weighted by atomic mass is 19.1. The van der Waals surface area contributed by atoms with Crippen LogP contribution in [0.4, 0.5) is 8.78 Å². The standard InChI is InChI=1S/C14H22F2N2/c1-4-10(2)8-18(3)9-14(17)12-7-11(15)5-6-13(12)16/h5-7,10,14H,4,8-9,17H2,1-3H3. The van der Waals surface area contributed by atoms with E-state index < -0.39 is 17.7 Å². The van der Waals surface area contributed by atoms with Gasteiger partial charge in [0.25, 0.3) is 0 Å². The zero-order valence-corrected chi connectivity index (χ0v) is 11.3. The van der Waals surface area contributed by atoms with E-state index in [0.717, 1.165) is 25.1 Å². The maximum absolute atomic E-state index is 13.5. The Labute approximate surface area is 108 Å². The maximum Gasteiger partial charge on any atom is 0.128 e. The Bertz CT molecular complexity index is 382. The second-order valence-electron chi connectivity index (χ2n) is 5.01. The molecule has 2 nitrogen and oxygen atoms in total. The number of hydrogen-bond acceptors (Lipinski definition) is 2. The second-order valence-corrected chi connectivity index (χ2v) is 5.01. The van der Waals surface area contributed by atoms with Crippen LogP contribution in [0.3, 0.4) is 0 Å². The first-order valence-electron chi connectivity index (χ1n) is 6.33. The highest BCUT2D eigenvalue weighted by Crippen LogP contribution is 2.17. The molecule has 0 radical (unpaired) electrons. The molecule has 0 saturated heterocycles. The van der Waals surface area contributed by atoms with Gasteiger partial charge >= 0.3 is 0 Å². The van der Waals surface area contributed by atoms with Crippen LogP contribution < -0.4 is 5.73 Å². The molecular weight excluding hydrogens is 234 g/mol. The maximum atomic E-state index is 13.5. The number of halogens is 2. The van der Waals surface area contributed by atoms with Crippen LogP contribution in [0.2, 0.25) is 0 Å². The van der Waals surface area contributed by atoms with Crippen molar-refractivity contribution in [3.8, 4) is 0 Å². The lowest BCUT2D eigenvalue weighted by atomic mass is 10.0. The van der Waals surface area contributed by atoms with Crippen LogP contribution in [0.25, 0.3) is 0 Å². The minimum absolute atomic E-state index is 0.242. The van der Waals surface area contributed by atoms with Crippen LogP contribution >= 0.6 is 0 Å². The van der Waals surface area contributed by atoms with Gasteiger partial charge in [0, 0.05) is 24.7 Å². The summed E-state index contributed by atoms with van der Waals surface area (Å²) in [6, 6.07) is 2.90. The van der Waals surface area contributed by atoms with Crippen molar-refractivity contribution in [1.82, 2.24) is 4.90 Å². The first kappa shape index (κ1) is 15.1. The molecule has 2 atom stereocenters. The molecule has 0 fully saturated rings. The van der Waals surface area contributed by atoms with Gasteiger partial charge in [-0.15, -0.1) is 0 Å². The molecule has 0 spiro atoms. The van der Waals surface area contributed by atoms with Crippen molar-refractivity contribution in [3.05, 3.63) is 35.4 Å². The summed E-state index contributed by atoms with van der Waals surface area (Å²) in [5, 5.41) is 0. The van der Waals surface area contributed by atoms with Gasteiger partial charge in [-0.1, -0.05) is 20.3 Å². The molecule has 0 aliphatic heterocycles. The fraction of sp³-hybridized carbons (Fsp3) is 0.571. The predicted molar refractivity (Wildman–Crippen MR) is 70.2 cm³/mol. The van der Waals surface area contributed by atoms with Crippen molar-refractivity contribution in [2.24, 2.45) is 11.7 Å². The van der Waals surface area contributed by atoms with Crippen molar-refractivity contribution in [2.45, 2.75) is 26.3 Å². The van der Waals surface area contributed by atoms with Gasteiger partial charge in [-0.05, 0) is 31.2 Å². The van der Waals surface area contributed by atoms with Gasteiger partial charge in [0.1, 0.15) is 11.6 Å². The van der Waals surface area contributed by atoms with E-state index in [4.69, 9.17) is 5.73 Å².